The number of allylic oxidation sites excluding steroid dienone is 1. The number of benzene rings is 3. The number of fused-ring (bicyclic) bond motifs is 3. The maximum Gasteiger partial charge on any atom is 0.269 e. The van der Waals surface area contributed by atoms with Crippen LogP contribution in [0, 0.1) is 10.1 Å². The fraction of sp³-hybridized carbons (Fsp3) is 0.115. The van der Waals surface area contributed by atoms with E-state index in [0.717, 1.165) is 10.9 Å². The molecule has 1 aliphatic heterocycles. The fourth-order valence-electron chi connectivity index (χ4n) is 4.25. The number of nitro benzene ring substituents is 1. The molecule has 1 aromatic heterocycles. The monoisotopic (exact) mass is 440 g/mol. The summed E-state index contributed by atoms with van der Waals surface area (Å²) in [4.78, 5) is 23.8. The summed E-state index contributed by atoms with van der Waals surface area (Å²) in [6, 6.07) is 22.9. The number of aromatic nitrogens is 1. The SMILES string of the molecule is CC1=C(C(O)c2ccc([N+](=O)[O-])cc2)C(=O)n2c1cc1c(OCc3ccccc3)cccc12. The Labute approximate surface area is 189 Å². The van der Waals surface area contributed by atoms with Crippen LogP contribution in [-0.2, 0) is 6.61 Å². The Hall–Kier alpha value is -4.23. The van der Waals surface area contributed by atoms with E-state index < -0.39 is 11.0 Å². The molecule has 0 spiro atoms. The van der Waals surface area contributed by atoms with E-state index >= 15 is 0 Å². The second-order valence-corrected chi connectivity index (χ2v) is 7.92. The molecule has 0 radical (unpaired) electrons. The van der Waals surface area contributed by atoms with Crippen LogP contribution in [0.15, 0.2) is 84.4 Å². The van der Waals surface area contributed by atoms with E-state index in [1.807, 2.05) is 54.6 Å². The van der Waals surface area contributed by atoms with Gasteiger partial charge in [0.15, 0.2) is 0 Å². The molecule has 0 bridgehead atoms. The standard InChI is InChI=1S/C26H20N2O5/c1-16-22-14-20-21(8-5-9-23(20)33-15-17-6-3-2-4-7-17)27(22)26(30)24(16)25(29)18-10-12-19(13-11-18)28(31)32/h2-14,25,29H,15H2,1H3. The summed E-state index contributed by atoms with van der Waals surface area (Å²) < 4.78 is 7.63. The number of non-ortho nitro benzene ring substituents is 1. The van der Waals surface area contributed by atoms with Crippen LogP contribution < -0.4 is 4.74 Å². The lowest BCUT2D eigenvalue weighted by Crippen LogP contribution is -2.14. The zero-order valence-corrected chi connectivity index (χ0v) is 17.8. The van der Waals surface area contributed by atoms with Crippen molar-refractivity contribution >= 4 is 28.1 Å². The van der Waals surface area contributed by atoms with Crippen molar-refractivity contribution in [2.45, 2.75) is 19.6 Å². The molecule has 33 heavy (non-hydrogen) atoms. The van der Waals surface area contributed by atoms with Crippen molar-refractivity contribution in [3.63, 3.8) is 0 Å². The van der Waals surface area contributed by atoms with Gasteiger partial charge in [-0.1, -0.05) is 36.4 Å². The molecular formula is C26H20N2O5. The number of hydrogen-bond acceptors (Lipinski definition) is 5. The summed E-state index contributed by atoms with van der Waals surface area (Å²) in [5, 5.41) is 22.7. The minimum Gasteiger partial charge on any atom is -0.488 e. The van der Waals surface area contributed by atoms with Crippen LogP contribution >= 0.6 is 0 Å². The van der Waals surface area contributed by atoms with Crippen LogP contribution in [0.25, 0.3) is 16.5 Å². The van der Waals surface area contributed by atoms with Crippen LogP contribution in [0.2, 0.25) is 0 Å². The molecule has 0 fully saturated rings. The van der Waals surface area contributed by atoms with Crippen molar-refractivity contribution in [1.29, 1.82) is 0 Å². The molecule has 5 rings (SSSR count). The average Bonchev–Trinajstić information content (AvgIpc) is 3.34. The molecule has 164 valence electrons. The molecule has 1 atom stereocenters. The molecule has 0 saturated carbocycles. The topological polar surface area (TPSA) is 94.6 Å². The first-order chi connectivity index (χ1) is 16.0. The maximum absolute atomic E-state index is 13.4. The van der Waals surface area contributed by atoms with Crippen molar-refractivity contribution in [2.24, 2.45) is 0 Å². The largest absolute Gasteiger partial charge is 0.488 e. The average molecular weight is 440 g/mol. The molecule has 1 unspecified atom stereocenters. The van der Waals surface area contributed by atoms with Gasteiger partial charge in [0.25, 0.3) is 11.6 Å². The first-order valence-corrected chi connectivity index (χ1v) is 10.4. The lowest BCUT2D eigenvalue weighted by atomic mass is 9.97. The highest BCUT2D eigenvalue weighted by Gasteiger charge is 2.34. The zero-order chi connectivity index (χ0) is 23.1. The van der Waals surface area contributed by atoms with Gasteiger partial charge in [-0.15, -0.1) is 0 Å². The van der Waals surface area contributed by atoms with Crippen LogP contribution in [0.3, 0.4) is 0 Å². The quantitative estimate of drug-likeness (QED) is 0.325. The van der Waals surface area contributed by atoms with Gasteiger partial charge in [0, 0.05) is 17.5 Å². The van der Waals surface area contributed by atoms with E-state index in [2.05, 4.69) is 0 Å². The predicted molar refractivity (Wildman–Crippen MR) is 124 cm³/mol. The van der Waals surface area contributed by atoms with Gasteiger partial charge in [-0.2, -0.15) is 0 Å². The van der Waals surface area contributed by atoms with Gasteiger partial charge in [-0.3, -0.25) is 19.5 Å². The molecule has 7 heteroatoms. The van der Waals surface area contributed by atoms with Crippen LogP contribution in [0.4, 0.5) is 5.69 Å². The van der Waals surface area contributed by atoms with Crippen molar-refractivity contribution in [2.75, 3.05) is 0 Å². The minimum absolute atomic E-state index is 0.0744. The highest BCUT2D eigenvalue weighted by molar-refractivity contribution is 6.14. The minimum atomic E-state index is -1.19. The number of aliphatic hydroxyl groups is 1. The lowest BCUT2D eigenvalue weighted by molar-refractivity contribution is -0.384. The number of hydrogen-bond donors (Lipinski definition) is 1. The lowest BCUT2D eigenvalue weighted by Gasteiger charge is -2.13. The molecule has 7 nitrogen and oxygen atoms in total. The molecule has 0 saturated heterocycles. The number of carbonyl (C=O) groups is 1. The maximum atomic E-state index is 13.4. The number of carbonyl (C=O) groups excluding carboxylic acids is 1. The highest BCUT2D eigenvalue weighted by atomic mass is 16.6. The van der Waals surface area contributed by atoms with Gasteiger partial charge in [0.05, 0.1) is 21.7 Å². The first kappa shape index (κ1) is 20.7. The Bertz CT molecular complexity index is 1420. The third kappa shape index (κ3) is 3.48. The summed E-state index contributed by atoms with van der Waals surface area (Å²) in [7, 11) is 0. The predicted octanol–water partition coefficient (Wildman–Crippen LogP) is 5.29. The molecule has 2 heterocycles. The van der Waals surface area contributed by atoms with Gasteiger partial charge in [0.1, 0.15) is 18.5 Å². The fourth-order valence-corrected chi connectivity index (χ4v) is 4.25. The Balaban J connectivity index is 1.49. The van der Waals surface area contributed by atoms with E-state index in [-0.39, 0.29) is 17.2 Å². The third-order valence-electron chi connectivity index (χ3n) is 5.96. The number of rotatable bonds is 6. The van der Waals surface area contributed by atoms with Gasteiger partial charge in [-0.05, 0) is 54.0 Å². The second kappa shape index (κ2) is 8.03. The van der Waals surface area contributed by atoms with Gasteiger partial charge in [0.2, 0.25) is 0 Å². The zero-order valence-electron chi connectivity index (χ0n) is 17.8. The van der Waals surface area contributed by atoms with Crippen LogP contribution in [-0.4, -0.2) is 20.5 Å². The third-order valence-corrected chi connectivity index (χ3v) is 5.96. The van der Waals surface area contributed by atoms with Crippen LogP contribution in [0.5, 0.6) is 5.75 Å². The van der Waals surface area contributed by atoms with Gasteiger partial charge >= 0.3 is 0 Å². The summed E-state index contributed by atoms with van der Waals surface area (Å²) in [5.41, 5.74) is 3.71. The Morgan fingerprint density at radius 2 is 1.76 bits per heavy atom. The van der Waals surface area contributed by atoms with Crippen molar-refractivity contribution in [3.8, 4) is 5.75 Å². The molecule has 4 aromatic rings. The molecule has 0 amide bonds. The van der Waals surface area contributed by atoms with Crippen molar-refractivity contribution in [3.05, 3.63) is 111 Å². The molecule has 3 aromatic carbocycles. The summed E-state index contributed by atoms with van der Waals surface area (Å²) in [5.74, 6) is 0.361. The van der Waals surface area contributed by atoms with Gasteiger partial charge < -0.3 is 9.84 Å². The van der Waals surface area contributed by atoms with Crippen LogP contribution in [0.1, 0.15) is 34.6 Å². The van der Waals surface area contributed by atoms with Crippen molar-refractivity contribution in [1.82, 2.24) is 4.57 Å². The number of ether oxygens (including phenoxy) is 1. The number of aliphatic hydroxyl groups excluding tert-OH is 1. The van der Waals surface area contributed by atoms with Gasteiger partial charge in [-0.25, -0.2) is 0 Å². The Morgan fingerprint density at radius 3 is 2.45 bits per heavy atom. The van der Waals surface area contributed by atoms with E-state index in [9.17, 15) is 20.0 Å². The second-order valence-electron chi connectivity index (χ2n) is 7.92. The molecule has 1 N–H and O–H groups in total. The number of nitrogens with zero attached hydrogens (tertiary/aromatic N) is 2. The number of nitro groups is 1. The summed E-state index contributed by atoms with van der Waals surface area (Å²) in [6.07, 6.45) is -1.19. The van der Waals surface area contributed by atoms with E-state index in [1.54, 1.807) is 11.5 Å². The highest BCUT2D eigenvalue weighted by Crippen LogP contribution is 2.41. The summed E-state index contributed by atoms with van der Waals surface area (Å²) >= 11 is 0. The Kier molecular flexibility index (Phi) is 5.03. The van der Waals surface area contributed by atoms with E-state index in [0.29, 0.717) is 34.7 Å². The van der Waals surface area contributed by atoms with E-state index in [1.165, 1.54) is 24.3 Å². The Morgan fingerprint density at radius 1 is 1.03 bits per heavy atom. The molecule has 1 aliphatic rings. The smallest absolute Gasteiger partial charge is 0.269 e. The normalized spacial score (nSPS) is 13.9. The first-order valence-electron chi connectivity index (χ1n) is 10.4. The molecular weight excluding hydrogens is 420 g/mol. The van der Waals surface area contributed by atoms with Crippen molar-refractivity contribution < 1.29 is 19.6 Å². The summed E-state index contributed by atoms with van der Waals surface area (Å²) in [6.45, 7) is 2.21. The van der Waals surface area contributed by atoms with E-state index in [4.69, 9.17) is 4.74 Å². The molecule has 0 aliphatic carbocycles.